The molecule has 1 saturated heterocycles. The molecule has 6 heteroatoms. The van der Waals surface area contributed by atoms with Gasteiger partial charge in [-0.3, -0.25) is 4.98 Å². The minimum absolute atomic E-state index is 0.157. The number of rotatable bonds is 2. The Bertz CT molecular complexity index is 498. The highest BCUT2D eigenvalue weighted by atomic mass is 16.5. The van der Waals surface area contributed by atoms with Crippen molar-refractivity contribution in [2.45, 2.75) is 25.8 Å². The Morgan fingerprint density at radius 3 is 3.06 bits per heavy atom. The molecule has 0 N–H and O–H groups in total. The van der Waals surface area contributed by atoms with Crippen molar-refractivity contribution in [3.05, 3.63) is 30.3 Å². The van der Waals surface area contributed by atoms with Crippen LogP contribution in [0.3, 0.4) is 0 Å². The summed E-state index contributed by atoms with van der Waals surface area (Å²) in [6.07, 6.45) is 7.27. The molecule has 0 amide bonds. The normalized spacial score (nSPS) is 19.8. The molecule has 1 unspecified atom stereocenters. The highest BCUT2D eigenvalue weighted by molar-refractivity contribution is 5.39. The molecule has 0 bridgehead atoms. The van der Waals surface area contributed by atoms with E-state index in [1.54, 1.807) is 25.5 Å². The standard InChI is InChI=1S/C11H13N5O/c1-8-14-11(15-17-8)9-3-2-6-16(9)10-7-12-4-5-13-10/h4-5,7,9H,2-3,6H2,1H3. The van der Waals surface area contributed by atoms with Gasteiger partial charge in [-0.25, -0.2) is 4.98 Å². The van der Waals surface area contributed by atoms with E-state index in [1.807, 2.05) is 0 Å². The summed E-state index contributed by atoms with van der Waals surface area (Å²) in [4.78, 5) is 14.9. The second-order valence-electron chi connectivity index (χ2n) is 4.09. The molecule has 2 aromatic rings. The van der Waals surface area contributed by atoms with Gasteiger partial charge in [0.15, 0.2) is 5.82 Å². The van der Waals surface area contributed by atoms with E-state index in [0.29, 0.717) is 5.89 Å². The third kappa shape index (κ3) is 1.86. The molecule has 3 rings (SSSR count). The fraction of sp³-hybridized carbons (Fsp3) is 0.455. The van der Waals surface area contributed by atoms with Crippen molar-refractivity contribution < 1.29 is 4.52 Å². The fourth-order valence-electron chi connectivity index (χ4n) is 2.20. The summed E-state index contributed by atoms with van der Waals surface area (Å²) in [5.74, 6) is 2.22. The van der Waals surface area contributed by atoms with E-state index in [1.165, 1.54) is 0 Å². The molecule has 1 aliphatic heterocycles. The first-order valence-electron chi connectivity index (χ1n) is 5.67. The lowest BCUT2D eigenvalue weighted by Crippen LogP contribution is -2.24. The Morgan fingerprint density at radius 1 is 1.41 bits per heavy atom. The summed E-state index contributed by atoms with van der Waals surface area (Å²) in [6.45, 7) is 2.76. The molecule has 1 fully saturated rings. The molecular weight excluding hydrogens is 218 g/mol. The lowest BCUT2D eigenvalue weighted by Gasteiger charge is -2.22. The van der Waals surface area contributed by atoms with Crippen LogP contribution in [0.4, 0.5) is 5.82 Å². The van der Waals surface area contributed by atoms with Crippen LogP contribution in [-0.2, 0) is 0 Å². The average Bonchev–Trinajstić information content (AvgIpc) is 2.98. The van der Waals surface area contributed by atoms with E-state index in [4.69, 9.17) is 4.52 Å². The maximum Gasteiger partial charge on any atom is 0.223 e. The molecule has 2 aromatic heterocycles. The van der Waals surface area contributed by atoms with Gasteiger partial charge in [0.2, 0.25) is 5.89 Å². The van der Waals surface area contributed by atoms with Crippen LogP contribution in [0.15, 0.2) is 23.1 Å². The van der Waals surface area contributed by atoms with Crippen LogP contribution in [-0.4, -0.2) is 26.7 Å². The van der Waals surface area contributed by atoms with Gasteiger partial charge in [0.25, 0.3) is 0 Å². The van der Waals surface area contributed by atoms with E-state index in [2.05, 4.69) is 25.0 Å². The molecule has 6 nitrogen and oxygen atoms in total. The van der Waals surface area contributed by atoms with E-state index in [9.17, 15) is 0 Å². The zero-order valence-corrected chi connectivity index (χ0v) is 9.58. The van der Waals surface area contributed by atoms with Crippen molar-refractivity contribution in [2.24, 2.45) is 0 Å². The van der Waals surface area contributed by atoms with Crippen molar-refractivity contribution in [3.8, 4) is 0 Å². The van der Waals surface area contributed by atoms with E-state index >= 15 is 0 Å². The third-order valence-corrected chi connectivity index (χ3v) is 2.94. The first-order chi connectivity index (χ1) is 8.34. The predicted molar refractivity (Wildman–Crippen MR) is 60.4 cm³/mol. The Kier molecular flexibility index (Phi) is 2.47. The lowest BCUT2D eigenvalue weighted by atomic mass is 10.2. The second kappa shape index (κ2) is 4.12. The number of hydrogen-bond acceptors (Lipinski definition) is 6. The third-order valence-electron chi connectivity index (χ3n) is 2.94. The van der Waals surface area contributed by atoms with Gasteiger partial charge < -0.3 is 9.42 Å². The Balaban J connectivity index is 1.90. The van der Waals surface area contributed by atoms with Crippen LogP contribution >= 0.6 is 0 Å². The summed E-state index contributed by atoms with van der Waals surface area (Å²) in [6, 6.07) is 0.157. The van der Waals surface area contributed by atoms with Gasteiger partial charge in [0.05, 0.1) is 12.2 Å². The van der Waals surface area contributed by atoms with Crippen molar-refractivity contribution in [1.29, 1.82) is 0 Å². The van der Waals surface area contributed by atoms with Gasteiger partial charge in [-0.15, -0.1) is 0 Å². The summed E-state index contributed by atoms with van der Waals surface area (Å²) in [5, 5.41) is 4.00. The summed E-state index contributed by atoms with van der Waals surface area (Å²) < 4.78 is 5.04. The summed E-state index contributed by atoms with van der Waals surface area (Å²) in [7, 11) is 0. The number of nitrogens with zero attached hydrogens (tertiary/aromatic N) is 5. The highest BCUT2D eigenvalue weighted by Gasteiger charge is 2.30. The predicted octanol–water partition coefficient (Wildman–Crippen LogP) is 1.51. The van der Waals surface area contributed by atoms with Crippen molar-refractivity contribution in [2.75, 3.05) is 11.4 Å². The monoisotopic (exact) mass is 231 g/mol. The Morgan fingerprint density at radius 2 is 2.35 bits per heavy atom. The molecule has 0 radical (unpaired) electrons. The molecule has 17 heavy (non-hydrogen) atoms. The number of aromatic nitrogens is 4. The first kappa shape index (κ1) is 10.2. The number of aryl methyl sites for hydroxylation is 1. The van der Waals surface area contributed by atoms with Gasteiger partial charge in [-0.2, -0.15) is 4.98 Å². The zero-order chi connectivity index (χ0) is 11.7. The largest absolute Gasteiger partial charge is 0.345 e. The van der Waals surface area contributed by atoms with Crippen LogP contribution in [0.1, 0.15) is 30.6 Å². The van der Waals surface area contributed by atoms with Crippen LogP contribution in [0.5, 0.6) is 0 Å². The molecule has 1 aliphatic rings. The van der Waals surface area contributed by atoms with Gasteiger partial charge in [-0.1, -0.05) is 5.16 Å². The topological polar surface area (TPSA) is 67.9 Å². The summed E-state index contributed by atoms with van der Waals surface area (Å²) in [5.41, 5.74) is 0. The Hall–Kier alpha value is -1.98. The molecule has 0 saturated carbocycles. The van der Waals surface area contributed by atoms with Gasteiger partial charge >= 0.3 is 0 Å². The van der Waals surface area contributed by atoms with E-state index < -0.39 is 0 Å². The minimum atomic E-state index is 0.157. The second-order valence-corrected chi connectivity index (χ2v) is 4.09. The number of hydrogen-bond donors (Lipinski definition) is 0. The van der Waals surface area contributed by atoms with Crippen LogP contribution in [0, 0.1) is 6.92 Å². The van der Waals surface area contributed by atoms with Crippen LogP contribution in [0.2, 0.25) is 0 Å². The quantitative estimate of drug-likeness (QED) is 0.780. The molecule has 0 aromatic carbocycles. The fourth-order valence-corrected chi connectivity index (χ4v) is 2.20. The zero-order valence-electron chi connectivity index (χ0n) is 9.58. The molecule has 3 heterocycles. The first-order valence-corrected chi connectivity index (χ1v) is 5.67. The van der Waals surface area contributed by atoms with Crippen molar-refractivity contribution in [1.82, 2.24) is 20.1 Å². The van der Waals surface area contributed by atoms with Crippen molar-refractivity contribution >= 4 is 5.82 Å². The van der Waals surface area contributed by atoms with E-state index in [0.717, 1.165) is 31.0 Å². The average molecular weight is 231 g/mol. The van der Waals surface area contributed by atoms with Gasteiger partial charge in [-0.05, 0) is 12.8 Å². The molecular formula is C11H13N5O. The molecule has 1 atom stereocenters. The van der Waals surface area contributed by atoms with E-state index in [-0.39, 0.29) is 6.04 Å². The maximum absolute atomic E-state index is 5.04. The minimum Gasteiger partial charge on any atom is -0.345 e. The smallest absolute Gasteiger partial charge is 0.223 e. The molecule has 88 valence electrons. The number of anilines is 1. The molecule has 0 spiro atoms. The lowest BCUT2D eigenvalue weighted by molar-refractivity contribution is 0.383. The van der Waals surface area contributed by atoms with Crippen LogP contribution < -0.4 is 4.90 Å². The van der Waals surface area contributed by atoms with Gasteiger partial charge in [0, 0.05) is 25.9 Å². The Labute approximate surface area is 98.7 Å². The van der Waals surface area contributed by atoms with Crippen LogP contribution in [0.25, 0.3) is 0 Å². The van der Waals surface area contributed by atoms with Crippen molar-refractivity contribution in [3.63, 3.8) is 0 Å². The molecule has 0 aliphatic carbocycles. The maximum atomic E-state index is 5.04. The van der Waals surface area contributed by atoms with Gasteiger partial charge in [0.1, 0.15) is 5.82 Å². The highest BCUT2D eigenvalue weighted by Crippen LogP contribution is 2.33. The SMILES string of the molecule is Cc1nc(C2CCCN2c2cnccn2)no1. The summed E-state index contributed by atoms with van der Waals surface area (Å²) >= 11 is 0.